The first kappa shape index (κ1) is 13.5. The molecular weight excluding hydrogens is 252 g/mol. The van der Waals surface area contributed by atoms with Gasteiger partial charge in [-0.1, -0.05) is 11.3 Å². The minimum absolute atomic E-state index is 0.205. The topological polar surface area (TPSA) is 66.6 Å². The molecule has 1 fully saturated rings. The average Bonchev–Trinajstić information content (AvgIpc) is 2.89. The van der Waals surface area contributed by atoms with Gasteiger partial charge < -0.3 is 5.11 Å². The van der Waals surface area contributed by atoms with Crippen molar-refractivity contribution in [1.82, 2.24) is 4.90 Å². The molecule has 18 heavy (non-hydrogen) atoms. The first-order valence-corrected chi connectivity index (χ1v) is 7.08. The van der Waals surface area contributed by atoms with Crippen molar-refractivity contribution in [3.8, 4) is 0 Å². The number of thiophene rings is 1. The number of nitrogens with zero attached hydrogens (tertiary/aromatic N) is 2. The van der Waals surface area contributed by atoms with E-state index < -0.39 is 0 Å². The molecule has 6 heteroatoms. The maximum atomic E-state index is 10.6. The van der Waals surface area contributed by atoms with Gasteiger partial charge in [0, 0.05) is 24.0 Å². The summed E-state index contributed by atoms with van der Waals surface area (Å²) < 4.78 is 0. The Hall–Kier alpha value is -0.980. The smallest absolute Gasteiger partial charge is 0.324 e. The van der Waals surface area contributed by atoms with Crippen LogP contribution in [-0.4, -0.2) is 33.6 Å². The molecule has 2 rings (SSSR count). The Labute approximate surface area is 110 Å². The van der Waals surface area contributed by atoms with E-state index in [1.54, 1.807) is 6.07 Å². The minimum Gasteiger partial charge on any atom is -0.393 e. The predicted molar refractivity (Wildman–Crippen MR) is 70.7 cm³/mol. The van der Waals surface area contributed by atoms with Crippen LogP contribution in [0, 0.1) is 10.1 Å². The molecule has 0 aromatic carbocycles. The van der Waals surface area contributed by atoms with Gasteiger partial charge >= 0.3 is 5.00 Å². The fraction of sp³-hybridized carbons (Fsp3) is 0.667. The van der Waals surface area contributed by atoms with Gasteiger partial charge in [-0.05, 0) is 38.3 Å². The summed E-state index contributed by atoms with van der Waals surface area (Å²) in [6.07, 6.45) is 2.75. The van der Waals surface area contributed by atoms with Crippen LogP contribution in [0.4, 0.5) is 5.00 Å². The summed E-state index contributed by atoms with van der Waals surface area (Å²) in [4.78, 5) is 12.6. The van der Waals surface area contributed by atoms with Gasteiger partial charge in [0.05, 0.1) is 11.0 Å². The molecule has 1 aliphatic heterocycles. The highest BCUT2D eigenvalue weighted by Crippen LogP contribution is 2.27. The fourth-order valence-electron chi connectivity index (χ4n) is 2.54. The van der Waals surface area contributed by atoms with Crippen molar-refractivity contribution in [2.24, 2.45) is 0 Å². The molecule has 2 heterocycles. The fourth-order valence-corrected chi connectivity index (χ4v) is 3.26. The lowest BCUT2D eigenvalue weighted by Gasteiger charge is -2.24. The molecule has 0 radical (unpaired) electrons. The zero-order chi connectivity index (χ0) is 13.1. The van der Waals surface area contributed by atoms with Crippen LogP contribution in [0.2, 0.25) is 0 Å². The lowest BCUT2D eigenvalue weighted by molar-refractivity contribution is -0.380. The van der Waals surface area contributed by atoms with Gasteiger partial charge in [0.25, 0.3) is 0 Å². The van der Waals surface area contributed by atoms with Gasteiger partial charge in [0.2, 0.25) is 0 Å². The molecular formula is C12H18N2O3S. The Morgan fingerprint density at radius 2 is 2.50 bits per heavy atom. The maximum absolute atomic E-state index is 10.6. The third-order valence-corrected chi connectivity index (χ3v) is 4.25. The number of hydrogen-bond acceptors (Lipinski definition) is 5. The largest absolute Gasteiger partial charge is 0.393 e. The van der Waals surface area contributed by atoms with Crippen LogP contribution in [0.5, 0.6) is 0 Å². The second-order valence-electron chi connectivity index (χ2n) is 4.90. The van der Waals surface area contributed by atoms with E-state index in [0.717, 1.165) is 37.9 Å². The van der Waals surface area contributed by atoms with Gasteiger partial charge in [0.1, 0.15) is 0 Å². The Morgan fingerprint density at radius 1 is 1.72 bits per heavy atom. The molecule has 1 N–H and O–H groups in total. The van der Waals surface area contributed by atoms with E-state index in [0.29, 0.717) is 6.04 Å². The summed E-state index contributed by atoms with van der Waals surface area (Å²) in [5, 5.41) is 22.2. The van der Waals surface area contributed by atoms with Crippen LogP contribution in [0.3, 0.4) is 0 Å². The van der Waals surface area contributed by atoms with Crippen LogP contribution >= 0.6 is 11.3 Å². The molecule has 100 valence electrons. The summed E-state index contributed by atoms with van der Waals surface area (Å²) >= 11 is 1.18. The van der Waals surface area contributed by atoms with E-state index in [2.05, 4.69) is 4.90 Å². The quantitative estimate of drug-likeness (QED) is 0.659. The Balaban J connectivity index is 1.96. The van der Waals surface area contributed by atoms with Crippen molar-refractivity contribution in [2.45, 2.75) is 44.9 Å². The lowest BCUT2D eigenvalue weighted by atomic mass is 10.1. The zero-order valence-corrected chi connectivity index (χ0v) is 11.2. The highest BCUT2D eigenvalue weighted by molar-refractivity contribution is 7.13. The van der Waals surface area contributed by atoms with E-state index in [4.69, 9.17) is 0 Å². The third-order valence-electron chi connectivity index (χ3n) is 3.32. The highest BCUT2D eigenvalue weighted by atomic mass is 32.1. The van der Waals surface area contributed by atoms with Gasteiger partial charge in [-0.15, -0.1) is 0 Å². The zero-order valence-electron chi connectivity index (χ0n) is 10.4. The minimum atomic E-state index is -0.342. The van der Waals surface area contributed by atoms with Gasteiger partial charge in [-0.25, -0.2) is 0 Å². The molecule has 0 aliphatic carbocycles. The van der Waals surface area contributed by atoms with E-state index in [9.17, 15) is 15.2 Å². The summed E-state index contributed by atoms with van der Waals surface area (Å²) in [7, 11) is 0. The molecule has 0 saturated carbocycles. The lowest BCUT2D eigenvalue weighted by Crippen LogP contribution is -2.31. The van der Waals surface area contributed by atoms with Crippen LogP contribution in [-0.2, 0) is 6.54 Å². The monoisotopic (exact) mass is 270 g/mol. The number of rotatable bonds is 5. The van der Waals surface area contributed by atoms with E-state index in [1.807, 2.05) is 12.3 Å². The molecule has 1 aliphatic rings. The molecule has 1 aromatic heterocycles. The van der Waals surface area contributed by atoms with Crippen molar-refractivity contribution < 1.29 is 10.0 Å². The summed E-state index contributed by atoms with van der Waals surface area (Å²) in [6.45, 7) is 3.58. The summed E-state index contributed by atoms with van der Waals surface area (Å²) in [5.74, 6) is 0. The molecule has 2 unspecified atom stereocenters. The predicted octanol–water partition coefficient (Wildman–Crippen LogP) is 2.39. The second kappa shape index (κ2) is 5.77. The number of aliphatic hydroxyl groups is 1. The van der Waals surface area contributed by atoms with Crippen molar-refractivity contribution in [1.29, 1.82) is 0 Å². The van der Waals surface area contributed by atoms with Crippen molar-refractivity contribution >= 4 is 16.3 Å². The number of aliphatic hydroxyl groups excluding tert-OH is 1. The molecule has 0 spiro atoms. The summed E-state index contributed by atoms with van der Waals surface area (Å²) in [6, 6.07) is 2.06. The molecule has 0 amide bonds. The molecule has 1 aromatic rings. The van der Waals surface area contributed by atoms with Crippen molar-refractivity contribution in [3.63, 3.8) is 0 Å². The van der Waals surface area contributed by atoms with Crippen LogP contribution in [0.15, 0.2) is 11.4 Å². The first-order valence-electron chi connectivity index (χ1n) is 6.20. The van der Waals surface area contributed by atoms with E-state index >= 15 is 0 Å². The van der Waals surface area contributed by atoms with Crippen LogP contribution in [0.25, 0.3) is 0 Å². The highest BCUT2D eigenvalue weighted by Gasteiger charge is 2.26. The number of likely N-dealkylation sites (tertiary alicyclic amines) is 1. The average molecular weight is 270 g/mol. The van der Waals surface area contributed by atoms with Crippen molar-refractivity contribution in [2.75, 3.05) is 6.54 Å². The van der Waals surface area contributed by atoms with Gasteiger partial charge in [0.15, 0.2) is 0 Å². The van der Waals surface area contributed by atoms with E-state index in [-0.39, 0.29) is 16.0 Å². The third kappa shape index (κ3) is 3.28. The van der Waals surface area contributed by atoms with Crippen LogP contribution < -0.4 is 0 Å². The number of hydrogen-bond donors (Lipinski definition) is 1. The molecule has 2 atom stereocenters. The normalized spacial score (nSPS) is 22.2. The molecule has 1 saturated heterocycles. The Kier molecular flexibility index (Phi) is 4.31. The Bertz CT molecular complexity index is 419. The van der Waals surface area contributed by atoms with Crippen LogP contribution in [0.1, 0.15) is 31.7 Å². The number of nitro groups is 1. The standard InChI is InChI=1S/C12H18N2O3S/c1-9(15)5-11-3-2-4-13(11)7-10-6-12(14(16)17)18-8-10/h6,8-9,11,15H,2-5,7H2,1H3. The molecule has 0 bridgehead atoms. The van der Waals surface area contributed by atoms with E-state index in [1.165, 1.54) is 11.3 Å². The van der Waals surface area contributed by atoms with Gasteiger partial charge in [-0.3, -0.25) is 15.0 Å². The Morgan fingerprint density at radius 3 is 3.11 bits per heavy atom. The second-order valence-corrected chi connectivity index (χ2v) is 5.79. The molecule has 5 nitrogen and oxygen atoms in total. The maximum Gasteiger partial charge on any atom is 0.324 e. The first-order chi connectivity index (χ1) is 8.56. The summed E-state index contributed by atoms with van der Waals surface area (Å²) in [5.41, 5.74) is 1.00. The van der Waals surface area contributed by atoms with Gasteiger partial charge in [-0.2, -0.15) is 0 Å². The van der Waals surface area contributed by atoms with Crippen molar-refractivity contribution in [3.05, 3.63) is 27.1 Å². The SMILES string of the molecule is CC(O)CC1CCCN1Cc1csc([N+](=O)[O-])c1.